The van der Waals surface area contributed by atoms with Gasteiger partial charge in [0.15, 0.2) is 0 Å². The molecule has 6 heteroatoms. The largest absolute Gasteiger partial charge is 0.495 e. The number of rotatable bonds is 8. The topological polar surface area (TPSA) is 49.9 Å². The first-order chi connectivity index (χ1) is 18.7. The summed E-state index contributed by atoms with van der Waals surface area (Å²) in [5, 5.41) is 4.89. The van der Waals surface area contributed by atoms with E-state index in [1.54, 1.807) is 7.11 Å². The Kier molecular flexibility index (Phi) is 9.37. The SMILES string of the molecule is COc1ccccc1N1CCN(Cc2cc(C)c(OCNC3CCCCCCCC3)c3ncccc23)CC1. The molecular formula is C32H44N4O2. The highest BCUT2D eigenvalue weighted by atomic mass is 16.5. The molecule has 1 aromatic heterocycles. The molecule has 204 valence electrons. The van der Waals surface area contributed by atoms with Crippen LogP contribution in [0.15, 0.2) is 48.7 Å². The number of nitrogens with one attached hydrogen (secondary N) is 1. The lowest BCUT2D eigenvalue weighted by molar-refractivity contribution is 0.248. The average molecular weight is 517 g/mol. The zero-order chi connectivity index (χ0) is 26.2. The highest BCUT2D eigenvalue weighted by Gasteiger charge is 2.21. The van der Waals surface area contributed by atoms with E-state index >= 15 is 0 Å². The lowest BCUT2D eigenvalue weighted by atomic mass is 10.0. The number of hydrogen-bond acceptors (Lipinski definition) is 6. The van der Waals surface area contributed by atoms with Gasteiger partial charge in [-0.15, -0.1) is 0 Å². The van der Waals surface area contributed by atoms with Crippen LogP contribution in [0, 0.1) is 6.92 Å². The van der Waals surface area contributed by atoms with Crippen LogP contribution in [0.1, 0.15) is 62.5 Å². The summed E-state index contributed by atoms with van der Waals surface area (Å²) < 4.78 is 12.0. The summed E-state index contributed by atoms with van der Waals surface area (Å²) in [7, 11) is 1.75. The normalized spacial score (nSPS) is 18.1. The molecule has 1 saturated heterocycles. The van der Waals surface area contributed by atoms with Gasteiger partial charge in [-0.25, -0.2) is 0 Å². The van der Waals surface area contributed by atoms with Crippen LogP contribution in [-0.2, 0) is 6.54 Å². The lowest BCUT2D eigenvalue weighted by Gasteiger charge is -2.36. The number of hydrogen-bond donors (Lipinski definition) is 1. The van der Waals surface area contributed by atoms with Crippen LogP contribution in [0.3, 0.4) is 0 Å². The van der Waals surface area contributed by atoms with E-state index in [9.17, 15) is 0 Å². The number of aryl methyl sites for hydroxylation is 1. The van der Waals surface area contributed by atoms with Crippen LogP contribution in [-0.4, -0.2) is 55.9 Å². The first kappa shape index (κ1) is 26.8. The zero-order valence-corrected chi connectivity index (χ0v) is 23.3. The summed E-state index contributed by atoms with van der Waals surface area (Å²) in [5.41, 5.74) is 4.65. The standard InChI is InChI=1S/C32H44N4O2/c1-25-22-26(23-35-18-20-36(21-19-35)29-15-9-10-16-30(29)37-2)28-14-11-17-33-31(28)32(25)38-24-34-27-12-7-5-3-4-6-8-13-27/h9-11,14-17,22,27,34H,3-8,12-13,18-21,23-24H2,1-2H3. The second-order valence-electron chi connectivity index (χ2n) is 10.9. The maximum absolute atomic E-state index is 6.38. The van der Waals surface area contributed by atoms with Crippen molar-refractivity contribution in [2.24, 2.45) is 0 Å². The van der Waals surface area contributed by atoms with Crippen molar-refractivity contribution in [3.8, 4) is 11.5 Å². The van der Waals surface area contributed by atoms with E-state index in [2.05, 4.69) is 46.3 Å². The number of methoxy groups -OCH3 is 1. The number of fused-ring (bicyclic) bond motifs is 1. The van der Waals surface area contributed by atoms with Gasteiger partial charge in [0.2, 0.25) is 0 Å². The third kappa shape index (κ3) is 6.59. The van der Waals surface area contributed by atoms with E-state index in [0.29, 0.717) is 12.8 Å². The summed E-state index contributed by atoms with van der Waals surface area (Å²) in [6.07, 6.45) is 12.6. The maximum atomic E-state index is 6.38. The van der Waals surface area contributed by atoms with E-state index in [4.69, 9.17) is 14.5 Å². The molecule has 5 rings (SSSR count). The van der Waals surface area contributed by atoms with E-state index in [1.807, 2.05) is 24.4 Å². The monoisotopic (exact) mass is 516 g/mol. The van der Waals surface area contributed by atoms with Crippen LogP contribution >= 0.6 is 0 Å². The number of benzene rings is 2. The van der Waals surface area contributed by atoms with Crippen molar-refractivity contribution < 1.29 is 9.47 Å². The predicted molar refractivity (Wildman–Crippen MR) is 156 cm³/mol. The minimum absolute atomic E-state index is 0.543. The van der Waals surface area contributed by atoms with Gasteiger partial charge in [-0.1, -0.05) is 62.8 Å². The third-order valence-electron chi connectivity index (χ3n) is 8.25. The summed E-state index contributed by atoms with van der Waals surface area (Å²) in [5.74, 6) is 1.87. The molecule has 2 fully saturated rings. The summed E-state index contributed by atoms with van der Waals surface area (Å²) in [6.45, 7) is 7.63. The molecule has 0 bridgehead atoms. The van der Waals surface area contributed by atoms with Crippen molar-refractivity contribution in [2.75, 3.05) is 44.9 Å². The highest BCUT2D eigenvalue weighted by molar-refractivity contribution is 5.88. The quantitative estimate of drug-likeness (QED) is 0.355. The molecule has 2 aliphatic rings. The maximum Gasteiger partial charge on any atom is 0.150 e. The van der Waals surface area contributed by atoms with E-state index in [0.717, 1.165) is 55.3 Å². The minimum Gasteiger partial charge on any atom is -0.495 e. The van der Waals surface area contributed by atoms with Crippen molar-refractivity contribution in [2.45, 2.75) is 70.9 Å². The predicted octanol–water partition coefficient (Wildman–Crippen LogP) is 6.30. The fourth-order valence-electron chi connectivity index (χ4n) is 6.10. The van der Waals surface area contributed by atoms with Crippen LogP contribution in [0.5, 0.6) is 11.5 Å². The van der Waals surface area contributed by atoms with Crippen molar-refractivity contribution in [3.63, 3.8) is 0 Å². The van der Waals surface area contributed by atoms with Crippen molar-refractivity contribution in [1.29, 1.82) is 0 Å². The first-order valence-electron chi connectivity index (χ1n) is 14.6. The van der Waals surface area contributed by atoms with E-state index in [1.165, 1.54) is 68.0 Å². The van der Waals surface area contributed by atoms with Crippen LogP contribution < -0.4 is 19.7 Å². The van der Waals surface area contributed by atoms with Crippen molar-refractivity contribution in [1.82, 2.24) is 15.2 Å². The zero-order valence-electron chi connectivity index (χ0n) is 23.3. The molecule has 1 saturated carbocycles. The molecule has 2 aromatic carbocycles. The number of para-hydroxylation sites is 2. The molecule has 3 aromatic rings. The second-order valence-corrected chi connectivity index (χ2v) is 10.9. The number of piperazine rings is 1. The fourth-order valence-corrected chi connectivity index (χ4v) is 6.10. The number of pyridine rings is 1. The van der Waals surface area contributed by atoms with Gasteiger partial charge < -0.3 is 14.4 Å². The number of ether oxygens (including phenoxy) is 2. The van der Waals surface area contributed by atoms with E-state index in [-0.39, 0.29) is 0 Å². The van der Waals surface area contributed by atoms with Gasteiger partial charge in [-0.3, -0.25) is 15.2 Å². The Morgan fingerprint density at radius 2 is 1.66 bits per heavy atom. The van der Waals surface area contributed by atoms with Crippen LogP contribution in [0.4, 0.5) is 5.69 Å². The van der Waals surface area contributed by atoms with Crippen LogP contribution in [0.2, 0.25) is 0 Å². The Bertz CT molecular complexity index is 1170. The number of aromatic nitrogens is 1. The summed E-state index contributed by atoms with van der Waals surface area (Å²) >= 11 is 0. The molecule has 0 radical (unpaired) electrons. The molecule has 0 unspecified atom stereocenters. The summed E-state index contributed by atoms with van der Waals surface area (Å²) in [4.78, 5) is 9.76. The minimum atomic E-state index is 0.543. The van der Waals surface area contributed by atoms with Gasteiger partial charge in [-0.2, -0.15) is 0 Å². The lowest BCUT2D eigenvalue weighted by Crippen LogP contribution is -2.46. The van der Waals surface area contributed by atoms with Crippen molar-refractivity contribution in [3.05, 3.63) is 59.8 Å². The van der Waals surface area contributed by atoms with Gasteiger partial charge in [0.25, 0.3) is 0 Å². The Balaban J connectivity index is 1.23. The van der Waals surface area contributed by atoms with Gasteiger partial charge in [0, 0.05) is 50.3 Å². The number of nitrogens with zero attached hydrogens (tertiary/aromatic N) is 3. The molecule has 0 amide bonds. The van der Waals surface area contributed by atoms with Gasteiger partial charge >= 0.3 is 0 Å². The molecule has 2 heterocycles. The van der Waals surface area contributed by atoms with Crippen LogP contribution in [0.25, 0.3) is 10.9 Å². The Morgan fingerprint density at radius 3 is 2.42 bits per heavy atom. The van der Waals surface area contributed by atoms with Gasteiger partial charge in [-0.05, 0) is 49.1 Å². The molecule has 1 N–H and O–H groups in total. The first-order valence-corrected chi connectivity index (χ1v) is 14.6. The molecule has 0 spiro atoms. The fraction of sp³-hybridized carbons (Fsp3) is 0.531. The smallest absolute Gasteiger partial charge is 0.150 e. The second kappa shape index (κ2) is 13.3. The molecule has 0 atom stereocenters. The summed E-state index contributed by atoms with van der Waals surface area (Å²) in [6, 6.07) is 15.4. The highest BCUT2D eigenvalue weighted by Crippen LogP contribution is 2.33. The molecular weight excluding hydrogens is 472 g/mol. The Labute approximate surface area is 228 Å². The molecule has 6 nitrogen and oxygen atoms in total. The number of anilines is 1. The molecule has 38 heavy (non-hydrogen) atoms. The third-order valence-corrected chi connectivity index (χ3v) is 8.25. The molecule has 1 aliphatic heterocycles. The molecule has 1 aliphatic carbocycles. The Hall–Kier alpha value is -2.83. The van der Waals surface area contributed by atoms with Crippen molar-refractivity contribution >= 4 is 16.6 Å². The average Bonchev–Trinajstić information content (AvgIpc) is 3.09. The van der Waals surface area contributed by atoms with Gasteiger partial charge in [0.1, 0.15) is 23.7 Å². The Morgan fingerprint density at radius 1 is 0.921 bits per heavy atom. The van der Waals surface area contributed by atoms with E-state index < -0.39 is 0 Å². The van der Waals surface area contributed by atoms with Gasteiger partial charge in [0.05, 0.1) is 12.8 Å².